The number of piperazine rings is 2. The number of halogens is 2. The van der Waals surface area contributed by atoms with Gasteiger partial charge in [0.2, 0.25) is 5.95 Å². The van der Waals surface area contributed by atoms with Crippen LogP contribution >= 0.6 is 0 Å². The minimum Gasteiger partial charge on any atom is -0.369 e. The molecule has 0 aliphatic carbocycles. The van der Waals surface area contributed by atoms with Crippen LogP contribution in [0.1, 0.15) is 48.4 Å². The Labute approximate surface area is 346 Å². The molecule has 2 N–H and O–H groups in total. The number of nitrogens with one attached hydrogen (secondary N) is 2. The van der Waals surface area contributed by atoms with Gasteiger partial charge in [0.05, 0.1) is 23.5 Å². The maximum absolute atomic E-state index is 14.5. The zero-order valence-electron chi connectivity index (χ0n) is 33.6. The zero-order valence-corrected chi connectivity index (χ0v) is 33.6. The first-order valence-electron chi connectivity index (χ1n) is 20.4. The second kappa shape index (κ2) is 17.4. The quantitative estimate of drug-likeness (QED) is 0.232. The van der Waals surface area contributed by atoms with Gasteiger partial charge < -0.3 is 30.2 Å². The molecule has 4 aliphatic rings. The lowest BCUT2D eigenvalue weighted by Gasteiger charge is -2.36. The molecule has 0 spiro atoms. The predicted octanol–water partition coefficient (Wildman–Crippen LogP) is 4.00. The molecule has 2 saturated heterocycles. The van der Waals surface area contributed by atoms with Crippen LogP contribution in [0.2, 0.25) is 0 Å². The summed E-state index contributed by atoms with van der Waals surface area (Å²) < 4.78 is 28.8. The molecule has 6 aromatic heterocycles. The van der Waals surface area contributed by atoms with Gasteiger partial charge in [-0.25, -0.2) is 54.2 Å². The van der Waals surface area contributed by atoms with E-state index in [9.17, 15) is 8.78 Å². The largest absolute Gasteiger partial charge is 0.369 e. The summed E-state index contributed by atoms with van der Waals surface area (Å²) in [5.74, 6) is 3.36. The molecule has 6 aromatic rings. The van der Waals surface area contributed by atoms with Gasteiger partial charge in [0, 0.05) is 157 Å². The molecule has 2 atom stereocenters. The Morgan fingerprint density at radius 2 is 1.00 bits per heavy atom. The van der Waals surface area contributed by atoms with Gasteiger partial charge in [0.1, 0.15) is 23.3 Å². The zero-order chi connectivity index (χ0) is 41.0. The Morgan fingerprint density at radius 1 is 0.517 bits per heavy atom. The highest BCUT2D eigenvalue weighted by Gasteiger charge is 2.30. The third-order valence-electron chi connectivity index (χ3n) is 11.4. The van der Waals surface area contributed by atoms with E-state index in [-0.39, 0.29) is 17.9 Å². The van der Waals surface area contributed by atoms with Gasteiger partial charge >= 0.3 is 0 Å². The second-order valence-electron chi connectivity index (χ2n) is 15.1. The van der Waals surface area contributed by atoms with Crippen molar-refractivity contribution in [3.05, 3.63) is 108 Å². The highest BCUT2D eigenvalue weighted by atomic mass is 19.1. The van der Waals surface area contributed by atoms with Crippen molar-refractivity contribution in [3.63, 3.8) is 0 Å². The molecule has 4 aliphatic heterocycles. The first-order chi connectivity index (χ1) is 29.4. The molecular weight excluding hydrogens is 767 g/mol. The Bertz CT molecular complexity index is 2250. The van der Waals surface area contributed by atoms with Crippen molar-refractivity contribution in [1.29, 1.82) is 0 Å². The summed E-state index contributed by atoms with van der Waals surface area (Å²) in [5, 5.41) is 6.64. The molecule has 10 rings (SSSR count). The highest BCUT2D eigenvalue weighted by Crippen LogP contribution is 2.35. The number of pyridine rings is 2. The molecule has 18 heteroatoms. The summed E-state index contributed by atoms with van der Waals surface area (Å²) in [6.45, 7) is 12.5. The minimum atomic E-state index is -0.452. The van der Waals surface area contributed by atoms with Crippen LogP contribution in [0, 0.1) is 11.8 Å². The summed E-state index contributed by atoms with van der Waals surface area (Å²) in [6.07, 6.45) is 11.8. The molecule has 60 heavy (non-hydrogen) atoms. The number of nitrogens with zero attached hydrogens (tertiary/aromatic N) is 14. The Kier molecular flexibility index (Phi) is 11.4. The average Bonchev–Trinajstić information content (AvgIpc) is 3.30. The lowest BCUT2D eigenvalue weighted by Crippen LogP contribution is -2.44. The number of fused-ring (bicyclic) bond motifs is 2. The number of anilines is 4. The summed E-state index contributed by atoms with van der Waals surface area (Å²) in [6, 6.07) is 10.1. The van der Waals surface area contributed by atoms with E-state index < -0.39 is 5.95 Å². The monoisotopic (exact) mass is 812 g/mol. The smallest absolute Gasteiger partial charge is 0.216 e. The summed E-state index contributed by atoms with van der Waals surface area (Å²) >= 11 is 0. The summed E-state index contributed by atoms with van der Waals surface area (Å²) in [7, 11) is 0. The Hall–Kier alpha value is -6.40. The molecular formula is C42H46F2N16. The molecule has 0 amide bonds. The molecule has 10 heterocycles. The maximum atomic E-state index is 14.5. The molecule has 0 saturated carbocycles. The van der Waals surface area contributed by atoms with Gasteiger partial charge in [-0.15, -0.1) is 0 Å². The van der Waals surface area contributed by atoms with Crippen molar-refractivity contribution in [2.75, 3.05) is 85.0 Å². The van der Waals surface area contributed by atoms with E-state index in [0.717, 1.165) is 93.4 Å². The number of hydrogen-bond donors (Lipinski definition) is 2. The minimum absolute atomic E-state index is 0.00957. The normalized spacial score (nSPS) is 18.9. The van der Waals surface area contributed by atoms with Crippen LogP contribution in [-0.2, 0) is 12.8 Å². The summed E-state index contributed by atoms with van der Waals surface area (Å²) in [4.78, 5) is 52.9. The molecule has 308 valence electrons. The second-order valence-corrected chi connectivity index (χ2v) is 15.1. The van der Waals surface area contributed by atoms with Crippen LogP contribution in [0.25, 0.3) is 23.3 Å². The fraction of sp³-hybridized carbons (Fsp3) is 0.381. The first kappa shape index (κ1) is 39.1. The van der Waals surface area contributed by atoms with Gasteiger partial charge in [-0.2, -0.15) is 4.39 Å². The molecule has 0 bridgehead atoms. The van der Waals surface area contributed by atoms with E-state index in [1.807, 2.05) is 18.5 Å². The van der Waals surface area contributed by atoms with Crippen LogP contribution < -0.4 is 30.2 Å². The van der Waals surface area contributed by atoms with E-state index in [4.69, 9.17) is 15.0 Å². The van der Waals surface area contributed by atoms with Crippen molar-refractivity contribution in [2.45, 2.75) is 38.8 Å². The van der Waals surface area contributed by atoms with Gasteiger partial charge in [0.15, 0.2) is 23.3 Å². The Balaban J connectivity index is 0.000000154. The maximum Gasteiger partial charge on any atom is 0.216 e. The van der Waals surface area contributed by atoms with Crippen molar-refractivity contribution in [3.8, 4) is 23.3 Å². The molecule has 2 unspecified atom stereocenters. The third kappa shape index (κ3) is 8.37. The predicted molar refractivity (Wildman–Crippen MR) is 224 cm³/mol. The highest BCUT2D eigenvalue weighted by molar-refractivity contribution is 5.58. The lowest BCUT2D eigenvalue weighted by atomic mass is 9.99. The van der Waals surface area contributed by atoms with Gasteiger partial charge in [-0.05, 0) is 26.0 Å². The van der Waals surface area contributed by atoms with Crippen molar-refractivity contribution >= 4 is 23.1 Å². The fourth-order valence-corrected chi connectivity index (χ4v) is 8.19. The van der Waals surface area contributed by atoms with E-state index in [1.54, 1.807) is 36.9 Å². The van der Waals surface area contributed by atoms with Crippen molar-refractivity contribution in [1.82, 2.24) is 60.5 Å². The van der Waals surface area contributed by atoms with E-state index in [2.05, 4.69) is 79.0 Å². The van der Waals surface area contributed by atoms with E-state index in [0.29, 0.717) is 53.8 Å². The third-order valence-corrected chi connectivity index (χ3v) is 11.4. The van der Waals surface area contributed by atoms with Crippen molar-refractivity contribution in [2.24, 2.45) is 0 Å². The van der Waals surface area contributed by atoms with Gasteiger partial charge in [0.25, 0.3) is 0 Å². The lowest BCUT2D eigenvalue weighted by molar-refractivity contribution is 0.556. The van der Waals surface area contributed by atoms with Gasteiger partial charge in [-0.3, -0.25) is 0 Å². The van der Waals surface area contributed by atoms with E-state index in [1.165, 1.54) is 18.2 Å². The van der Waals surface area contributed by atoms with Crippen LogP contribution in [-0.4, -0.2) is 115 Å². The van der Waals surface area contributed by atoms with Crippen LogP contribution in [0.5, 0.6) is 0 Å². The number of hydrogen-bond acceptors (Lipinski definition) is 16. The molecule has 0 radical (unpaired) electrons. The molecule has 2 fully saturated rings. The standard InChI is InChI=1S/2C21H23FN8/c1-14-16-13-26-21(20-24-4-2-5-25-20)27-17(16)3-8-30(14)19-12-15(11-18(22)28-19)29-9-6-23-7-10-29;1-14-16-13-26-21(20-24-4-2-5-25-20)27-17(16)3-8-30(14)19-12-15(22)11-18(28-19)29-9-6-23-7-10-29/h2*2,4-5,11-14,23H,3,6-10H2,1H3. The van der Waals surface area contributed by atoms with E-state index >= 15 is 0 Å². The fourth-order valence-electron chi connectivity index (χ4n) is 8.19. The van der Waals surface area contributed by atoms with Crippen LogP contribution in [0.3, 0.4) is 0 Å². The molecule has 0 aromatic carbocycles. The van der Waals surface area contributed by atoms with Gasteiger partial charge in [-0.1, -0.05) is 0 Å². The summed E-state index contributed by atoms with van der Waals surface area (Å²) in [5.41, 5.74) is 4.89. The van der Waals surface area contributed by atoms with Crippen LogP contribution in [0.4, 0.5) is 31.9 Å². The van der Waals surface area contributed by atoms with Crippen molar-refractivity contribution < 1.29 is 8.78 Å². The average molecular weight is 813 g/mol. The molecule has 16 nitrogen and oxygen atoms in total. The number of aromatic nitrogens is 10. The van der Waals surface area contributed by atoms with Crippen LogP contribution in [0.15, 0.2) is 73.6 Å². The Morgan fingerprint density at radius 3 is 1.53 bits per heavy atom. The first-order valence-corrected chi connectivity index (χ1v) is 20.4. The topological polar surface area (TPSA) is 166 Å². The number of rotatable bonds is 6. The SMILES string of the molecule is CC1c2cnc(-c3ncccn3)nc2CCN1c1cc(F)cc(N2CCNCC2)n1.CC1c2cnc(-c3ncccn3)nc2CCN1c1cc(N2CCNCC2)cc(F)n1.